The summed E-state index contributed by atoms with van der Waals surface area (Å²) in [5.74, 6) is 0.587. The van der Waals surface area contributed by atoms with Crippen molar-refractivity contribution < 1.29 is 14.6 Å². The van der Waals surface area contributed by atoms with Gasteiger partial charge in [0.1, 0.15) is 0 Å². The maximum Gasteiger partial charge on any atom is 0.235 e. The molecule has 0 saturated heterocycles. The van der Waals surface area contributed by atoms with Gasteiger partial charge in [-0.1, -0.05) is 0 Å². The second-order valence-electron chi connectivity index (χ2n) is 4.81. The normalized spacial score (nSPS) is 16.6. The second kappa shape index (κ2) is 4.46. The SMILES string of the molecule is COc1cc(C2(N=C=O)CCC2)c(C)c(C)c1O. The van der Waals surface area contributed by atoms with E-state index in [1.807, 2.05) is 13.8 Å². The Morgan fingerprint density at radius 2 is 2.06 bits per heavy atom. The smallest absolute Gasteiger partial charge is 0.235 e. The first-order valence-electron chi connectivity index (χ1n) is 6.02. The molecule has 4 heteroatoms. The number of aliphatic imine (C=N–C) groups is 1. The minimum absolute atomic E-state index is 0.156. The molecule has 0 heterocycles. The lowest BCUT2D eigenvalue weighted by Gasteiger charge is -2.38. The number of hydrogen-bond donors (Lipinski definition) is 1. The highest BCUT2D eigenvalue weighted by molar-refractivity contribution is 5.55. The van der Waals surface area contributed by atoms with Gasteiger partial charge >= 0.3 is 0 Å². The van der Waals surface area contributed by atoms with Gasteiger partial charge in [-0.2, -0.15) is 4.99 Å². The quantitative estimate of drug-likeness (QED) is 0.660. The van der Waals surface area contributed by atoms with Crippen LogP contribution in [0.2, 0.25) is 0 Å². The Hall–Kier alpha value is -1.80. The standard InChI is InChI=1S/C14H17NO3/c1-9-10(2)13(17)12(18-3)7-11(9)14(15-8-16)5-4-6-14/h7,17H,4-6H2,1-3H3. The molecule has 0 spiro atoms. The van der Waals surface area contributed by atoms with Crippen molar-refractivity contribution in [2.75, 3.05) is 7.11 Å². The molecule has 1 aromatic rings. The summed E-state index contributed by atoms with van der Waals surface area (Å²) >= 11 is 0. The van der Waals surface area contributed by atoms with Crippen molar-refractivity contribution in [3.8, 4) is 11.5 Å². The molecule has 1 saturated carbocycles. The molecule has 2 rings (SSSR count). The van der Waals surface area contributed by atoms with Crippen LogP contribution in [0.25, 0.3) is 0 Å². The highest BCUT2D eigenvalue weighted by atomic mass is 16.5. The van der Waals surface area contributed by atoms with Crippen molar-refractivity contribution in [1.82, 2.24) is 0 Å². The third-order valence-corrected chi connectivity index (χ3v) is 3.99. The lowest BCUT2D eigenvalue weighted by molar-refractivity contribution is 0.253. The molecule has 0 aliphatic heterocycles. The fourth-order valence-electron chi connectivity index (χ4n) is 2.55. The molecule has 96 valence electrons. The largest absolute Gasteiger partial charge is 0.504 e. The first kappa shape index (κ1) is 12.7. The van der Waals surface area contributed by atoms with Crippen LogP contribution in [0.3, 0.4) is 0 Å². The second-order valence-corrected chi connectivity index (χ2v) is 4.81. The van der Waals surface area contributed by atoms with Crippen LogP contribution in [0.5, 0.6) is 11.5 Å². The predicted molar refractivity (Wildman–Crippen MR) is 67.8 cm³/mol. The van der Waals surface area contributed by atoms with E-state index in [0.29, 0.717) is 5.75 Å². The number of ether oxygens (including phenoxy) is 1. The molecule has 0 amide bonds. The Morgan fingerprint density at radius 1 is 1.39 bits per heavy atom. The summed E-state index contributed by atoms with van der Waals surface area (Å²) in [6, 6.07) is 1.79. The van der Waals surface area contributed by atoms with Gasteiger partial charge in [-0.15, -0.1) is 0 Å². The van der Waals surface area contributed by atoms with Crippen LogP contribution >= 0.6 is 0 Å². The van der Waals surface area contributed by atoms with Gasteiger partial charge in [0.2, 0.25) is 6.08 Å². The van der Waals surface area contributed by atoms with Crippen LogP contribution in [-0.4, -0.2) is 18.3 Å². The monoisotopic (exact) mass is 247 g/mol. The minimum atomic E-state index is -0.461. The van der Waals surface area contributed by atoms with E-state index >= 15 is 0 Å². The van der Waals surface area contributed by atoms with E-state index in [0.717, 1.165) is 36.0 Å². The van der Waals surface area contributed by atoms with Crippen LogP contribution in [0.4, 0.5) is 0 Å². The first-order chi connectivity index (χ1) is 8.55. The van der Waals surface area contributed by atoms with Gasteiger partial charge in [-0.25, -0.2) is 4.79 Å². The Bertz CT molecular complexity index is 526. The zero-order valence-corrected chi connectivity index (χ0v) is 10.9. The molecular weight excluding hydrogens is 230 g/mol. The molecular formula is C14H17NO3. The van der Waals surface area contributed by atoms with Crippen LogP contribution < -0.4 is 4.74 Å². The molecule has 1 aliphatic carbocycles. The third-order valence-electron chi connectivity index (χ3n) is 3.99. The Kier molecular flexibility index (Phi) is 3.14. The summed E-state index contributed by atoms with van der Waals surface area (Å²) in [5, 5.41) is 9.96. The van der Waals surface area contributed by atoms with E-state index in [9.17, 15) is 9.90 Å². The van der Waals surface area contributed by atoms with Crippen molar-refractivity contribution in [1.29, 1.82) is 0 Å². The van der Waals surface area contributed by atoms with Gasteiger partial charge in [-0.3, -0.25) is 0 Å². The number of methoxy groups -OCH3 is 1. The fraction of sp³-hybridized carbons (Fsp3) is 0.500. The van der Waals surface area contributed by atoms with Crippen molar-refractivity contribution in [2.45, 2.75) is 38.6 Å². The molecule has 1 aromatic carbocycles. The van der Waals surface area contributed by atoms with Gasteiger partial charge in [0.15, 0.2) is 11.5 Å². The van der Waals surface area contributed by atoms with E-state index in [-0.39, 0.29) is 5.75 Å². The maximum absolute atomic E-state index is 10.6. The molecule has 0 radical (unpaired) electrons. The Balaban J connectivity index is 2.64. The summed E-state index contributed by atoms with van der Waals surface area (Å²) in [4.78, 5) is 14.6. The van der Waals surface area contributed by atoms with E-state index in [4.69, 9.17) is 4.74 Å². The van der Waals surface area contributed by atoms with Gasteiger partial charge in [0.05, 0.1) is 12.6 Å². The molecule has 0 unspecified atom stereocenters. The van der Waals surface area contributed by atoms with Gasteiger partial charge in [-0.05, 0) is 55.9 Å². The number of carbonyl (C=O) groups excluding carboxylic acids is 1. The fourth-order valence-corrected chi connectivity index (χ4v) is 2.55. The van der Waals surface area contributed by atoms with E-state index in [2.05, 4.69) is 4.99 Å². The molecule has 4 nitrogen and oxygen atoms in total. The molecule has 1 fully saturated rings. The van der Waals surface area contributed by atoms with Crippen LogP contribution in [0, 0.1) is 13.8 Å². The topological polar surface area (TPSA) is 58.9 Å². The van der Waals surface area contributed by atoms with E-state index in [1.165, 1.54) is 7.11 Å². The maximum atomic E-state index is 10.6. The number of isocyanates is 1. The third kappa shape index (κ3) is 1.70. The number of phenols is 1. The van der Waals surface area contributed by atoms with E-state index < -0.39 is 5.54 Å². The lowest BCUT2D eigenvalue weighted by Crippen LogP contribution is -2.33. The van der Waals surface area contributed by atoms with Crippen molar-refractivity contribution >= 4 is 6.08 Å². The highest BCUT2D eigenvalue weighted by Gasteiger charge is 2.41. The molecule has 0 atom stereocenters. The van der Waals surface area contributed by atoms with Crippen LogP contribution in [0.1, 0.15) is 36.0 Å². The average molecular weight is 247 g/mol. The van der Waals surface area contributed by atoms with E-state index in [1.54, 1.807) is 12.1 Å². The number of hydrogen-bond acceptors (Lipinski definition) is 4. The zero-order chi connectivity index (χ0) is 13.3. The molecule has 1 N–H and O–H groups in total. The number of nitrogens with zero attached hydrogens (tertiary/aromatic N) is 1. The number of aromatic hydroxyl groups is 1. The van der Waals surface area contributed by atoms with Crippen LogP contribution in [-0.2, 0) is 10.3 Å². The number of benzene rings is 1. The van der Waals surface area contributed by atoms with Crippen LogP contribution in [0.15, 0.2) is 11.1 Å². The van der Waals surface area contributed by atoms with Gasteiger partial charge < -0.3 is 9.84 Å². The van der Waals surface area contributed by atoms with Crippen molar-refractivity contribution in [3.05, 3.63) is 22.8 Å². The average Bonchev–Trinajstić information content (AvgIpc) is 2.32. The van der Waals surface area contributed by atoms with Crippen molar-refractivity contribution in [3.63, 3.8) is 0 Å². The predicted octanol–water partition coefficient (Wildman–Crippen LogP) is 2.73. The zero-order valence-electron chi connectivity index (χ0n) is 10.9. The van der Waals surface area contributed by atoms with Gasteiger partial charge in [0, 0.05) is 0 Å². The summed E-state index contributed by atoms with van der Waals surface area (Å²) in [6.07, 6.45) is 4.42. The minimum Gasteiger partial charge on any atom is -0.504 e. The molecule has 0 bridgehead atoms. The Morgan fingerprint density at radius 3 is 2.50 bits per heavy atom. The molecule has 0 aromatic heterocycles. The summed E-state index contributed by atoms with van der Waals surface area (Å²) < 4.78 is 5.17. The number of phenolic OH excluding ortho intramolecular Hbond substituents is 1. The van der Waals surface area contributed by atoms with Crippen molar-refractivity contribution in [2.24, 2.45) is 4.99 Å². The van der Waals surface area contributed by atoms with Gasteiger partial charge in [0.25, 0.3) is 0 Å². The molecule has 18 heavy (non-hydrogen) atoms. The highest BCUT2D eigenvalue weighted by Crippen LogP contribution is 2.49. The molecule has 1 aliphatic rings. The lowest BCUT2D eigenvalue weighted by atomic mass is 9.70. The summed E-state index contributed by atoms with van der Waals surface area (Å²) in [5.41, 5.74) is 2.24. The summed E-state index contributed by atoms with van der Waals surface area (Å²) in [6.45, 7) is 3.78. The summed E-state index contributed by atoms with van der Waals surface area (Å²) in [7, 11) is 1.52. The Labute approximate surface area is 106 Å². The first-order valence-corrected chi connectivity index (χ1v) is 6.02. The number of rotatable bonds is 3.